The van der Waals surface area contributed by atoms with Crippen molar-refractivity contribution < 1.29 is 27.2 Å². The highest BCUT2D eigenvalue weighted by molar-refractivity contribution is 7.89. The summed E-state index contributed by atoms with van der Waals surface area (Å²) in [6.45, 7) is 3.97. The number of carbonyl (C=O) groups excluding carboxylic acids is 2. The normalized spacial score (nSPS) is 17.9. The number of amides is 1. The first-order chi connectivity index (χ1) is 12.2. The summed E-state index contributed by atoms with van der Waals surface area (Å²) in [6, 6.07) is 0. The molecule has 11 heteroatoms. The second-order valence-corrected chi connectivity index (χ2v) is 8.07. The molecule has 1 aromatic rings. The van der Waals surface area contributed by atoms with Crippen LogP contribution >= 0.6 is 12.4 Å². The average Bonchev–Trinajstić information content (AvgIpc) is 2.93. The molecule has 1 aliphatic heterocycles. The van der Waals surface area contributed by atoms with Gasteiger partial charge in [-0.05, 0) is 26.7 Å². The highest BCUT2D eigenvalue weighted by atomic mass is 35.5. The number of rotatable bonds is 6. The maximum absolute atomic E-state index is 13.2. The van der Waals surface area contributed by atoms with Gasteiger partial charge in [-0.25, -0.2) is 13.2 Å². The highest BCUT2D eigenvalue weighted by Gasteiger charge is 2.39. The molecule has 1 fully saturated rings. The topological polar surface area (TPSA) is 132 Å². The van der Waals surface area contributed by atoms with Crippen molar-refractivity contribution in [1.82, 2.24) is 9.62 Å². The number of piperidine rings is 1. The van der Waals surface area contributed by atoms with E-state index < -0.39 is 21.9 Å². The number of ether oxygens (including phenoxy) is 1. The van der Waals surface area contributed by atoms with Crippen LogP contribution in [0.4, 0.5) is 0 Å². The lowest BCUT2D eigenvalue weighted by atomic mass is 9.99. The van der Waals surface area contributed by atoms with E-state index in [1.807, 2.05) is 0 Å². The molecular weight excluding hydrogens is 398 g/mol. The van der Waals surface area contributed by atoms with Gasteiger partial charge < -0.3 is 20.2 Å². The predicted molar refractivity (Wildman–Crippen MR) is 100 cm³/mol. The third kappa shape index (κ3) is 4.81. The van der Waals surface area contributed by atoms with Crippen molar-refractivity contribution in [1.29, 1.82) is 0 Å². The van der Waals surface area contributed by atoms with E-state index >= 15 is 0 Å². The zero-order chi connectivity index (χ0) is 19.5. The fourth-order valence-electron chi connectivity index (χ4n) is 3.16. The number of sulfonamides is 1. The predicted octanol–water partition coefficient (Wildman–Crippen LogP) is 0.580. The van der Waals surface area contributed by atoms with Crippen molar-refractivity contribution in [3.8, 4) is 0 Å². The Morgan fingerprint density at radius 2 is 2.00 bits per heavy atom. The maximum Gasteiger partial charge on any atom is 0.342 e. The van der Waals surface area contributed by atoms with Crippen molar-refractivity contribution in [2.45, 2.75) is 31.6 Å². The van der Waals surface area contributed by atoms with Crippen LogP contribution in [0.15, 0.2) is 9.31 Å². The van der Waals surface area contributed by atoms with Crippen LogP contribution in [0.5, 0.6) is 0 Å². The lowest BCUT2D eigenvalue weighted by Gasteiger charge is -2.31. The van der Waals surface area contributed by atoms with Gasteiger partial charge in [0.15, 0.2) is 0 Å². The Morgan fingerprint density at radius 1 is 1.33 bits per heavy atom. The molecule has 154 valence electrons. The third-order valence-corrected chi connectivity index (χ3v) is 6.41. The number of nitrogens with one attached hydrogen (secondary N) is 1. The summed E-state index contributed by atoms with van der Waals surface area (Å²) < 4.78 is 37.6. The van der Waals surface area contributed by atoms with Crippen molar-refractivity contribution in [3.05, 3.63) is 17.1 Å². The van der Waals surface area contributed by atoms with Gasteiger partial charge in [-0.2, -0.15) is 4.31 Å². The summed E-state index contributed by atoms with van der Waals surface area (Å²) in [5.41, 5.74) is 5.28. The highest BCUT2D eigenvalue weighted by Crippen LogP contribution is 2.32. The molecule has 1 saturated heterocycles. The van der Waals surface area contributed by atoms with Crippen molar-refractivity contribution in [2.75, 3.05) is 33.3 Å². The zero-order valence-electron chi connectivity index (χ0n) is 15.6. The summed E-state index contributed by atoms with van der Waals surface area (Å²) in [7, 11) is -2.83. The molecule has 1 atom stereocenters. The van der Waals surface area contributed by atoms with Crippen molar-refractivity contribution in [2.24, 2.45) is 11.7 Å². The van der Waals surface area contributed by atoms with E-state index in [9.17, 15) is 18.0 Å². The van der Waals surface area contributed by atoms with Gasteiger partial charge >= 0.3 is 5.97 Å². The van der Waals surface area contributed by atoms with E-state index in [4.69, 9.17) is 14.9 Å². The molecule has 0 aromatic carbocycles. The Balaban J connectivity index is 0.00000364. The molecule has 0 spiro atoms. The second-order valence-electron chi connectivity index (χ2n) is 6.19. The first-order valence-corrected chi connectivity index (χ1v) is 9.84. The van der Waals surface area contributed by atoms with Crippen molar-refractivity contribution >= 4 is 34.3 Å². The Kier molecular flexibility index (Phi) is 8.27. The van der Waals surface area contributed by atoms with Gasteiger partial charge in [0.2, 0.25) is 15.9 Å². The SMILES string of the molecule is COC(=O)c1c(C)oc(C)c1S(=O)(=O)N1CCCC(C(=O)NCCN)C1.Cl. The number of aryl methyl sites for hydroxylation is 2. The largest absolute Gasteiger partial charge is 0.465 e. The summed E-state index contributed by atoms with van der Waals surface area (Å²) in [5.74, 6) is -1.14. The monoisotopic (exact) mass is 423 g/mol. The number of esters is 1. The number of hydrogen-bond donors (Lipinski definition) is 2. The lowest BCUT2D eigenvalue weighted by Crippen LogP contribution is -2.46. The molecular formula is C16H26ClN3O6S. The minimum atomic E-state index is -4.01. The fourth-order valence-corrected chi connectivity index (χ4v) is 5.05. The summed E-state index contributed by atoms with van der Waals surface area (Å²) >= 11 is 0. The minimum Gasteiger partial charge on any atom is -0.465 e. The quantitative estimate of drug-likeness (QED) is 0.639. The molecule has 2 heterocycles. The molecule has 0 bridgehead atoms. The Morgan fingerprint density at radius 3 is 2.59 bits per heavy atom. The summed E-state index contributed by atoms with van der Waals surface area (Å²) in [6.07, 6.45) is 1.14. The van der Waals surface area contributed by atoms with E-state index in [0.29, 0.717) is 25.9 Å². The zero-order valence-corrected chi connectivity index (χ0v) is 17.2. The van der Waals surface area contributed by atoms with Crippen LogP contribution in [0.25, 0.3) is 0 Å². The number of nitrogens with zero attached hydrogens (tertiary/aromatic N) is 1. The van der Waals surface area contributed by atoms with Gasteiger partial charge in [-0.1, -0.05) is 0 Å². The summed E-state index contributed by atoms with van der Waals surface area (Å²) in [4.78, 5) is 24.0. The molecule has 0 radical (unpaired) electrons. The van der Waals surface area contributed by atoms with Gasteiger partial charge in [-0.15, -0.1) is 12.4 Å². The molecule has 1 amide bonds. The van der Waals surface area contributed by atoms with Gasteiger partial charge in [0.25, 0.3) is 0 Å². The standard InChI is InChI=1S/C16H25N3O6S.ClH/c1-10-13(16(21)24-3)14(11(2)25-10)26(22,23)19-8-4-5-12(9-19)15(20)18-7-6-17;/h12H,4-9,17H2,1-3H3,(H,18,20);1H. The molecule has 1 aliphatic rings. The van der Waals surface area contributed by atoms with Crippen LogP contribution in [-0.2, 0) is 19.6 Å². The molecule has 1 unspecified atom stereocenters. The van der Waals surface area contributed by atoms with E-state index in [-0.39, 0.29) is 53.4 Å². The molecule has 2 rings (SSSR count). The lowest BCUT2D eigenvalue weighted by molar-refractivity contribution is -0.126. The minimum absolute atomic E-state index is 0. The van der Waals surface area contributed by atoms with Crippen LogP contribution < -0.4 is 11.1 Å². The molecule has 27 heavy (non-hydrogen) atoms. The summed E-state index contributed by atoms with van der Waals surface area (Å²) in [5, 5.41) is 2.69. The van der Waals surface area contributed by atoms with Crippen molar-refractivity contribution in [3.63, 3.8) is 0 Å². The number of furan rings is 1. The van der Waals surface area contributed by atoms with Gasteiger partial charge in [-0.3, -0.25) is 4.79 Å². The van der Waals surface area contributed by atoms with E-state index in [1.165, 1.54) is 25.3 Å². The Labute approximate surface area is 165 Å². The molecule has 9 nitrogen and oxygen atoms in total. The number of hydrogen-bond acceptors (Lipinski definition) is 7. The Bertz CT molecular complexity index is 792. The number of methoxy groups -OCH3 is 1. The van der Waals surface area contributed by atoms with Crippen LogP contribution in [-0.4, -0.2) is 57.9 Å². The van der Waals surface area contributed by atoms with Crippen LogP contribution in [0.1, 0.15) is 34.7 Å². The molecule has 0 aliphatic carbocycles. The molecule has 1 aromatic heterocycles. The van der Waals surface area contributed by atoms with Crippen LogP contribution in [0, 0.1) is 19.8 Å². The first-order valence-electron chi connectivity index (χ1n) is 8.40. The Hall–Kier alpha value is -1.62. The number of halogens is 1. The number of nitrogens with two attached hydrogens (primary N) is 1. The fraction of sp³-hybridized carbons (Fsp3) is 0.625. The smallest absolute Gasteiger partial charge is 0.342 e. The average molecular weight is 424 g/mol. The third-order valence-electron chi connectivity index (χ3n) is 4.39. The van der Waals surface area contributed by atoms with Gasteiger partial charge in [0.1, 0.15) is 22.0 Å². The van der Waals surface area contributed by atoms with Crippen LogP contribution in [0.3, 0.4) is 0 Å². The van der Waals surface area contributed by atoms with E-state index in [1.54, 1.807) is 0 Å². The molecule has 0 saturated carbocycles. The van der Waals surface area contributed by atoms with Gasteiger partial charge in [0.05, 0.1) is 13.0 Å². The van der Waals surface area contributed by atoms with Crippen LogP contribution in [0.2, 0.25) is 0 Å². The molecule has 3 N–H and O–H groups in total. The van der Waals surface area contributed by atoms with Gasteiger partial charge in [0, 0.05) is 26.2 Å². The number of carbonyl (C=O) groups is 2. The maximum atomic E-state index is 13.2. The van der Waals surface area contributed by atoms with E-state index in [0.717, 1.165) is 0 Å². The van der Waals surface area contributed by atoms with E-state index in [2.05, 4.69) is 5.32 Å². The first kappa shape index (κ1) is 23.4. The second kappa shape index (κ2) is 9.54.